The van der Waals surface area contributed by atoms with Gasteiger partial charge in [-0.3, -0.25) is 0 Å². The molecule has 2 aromatic rings. The van der Waals surface area contributed by atoms with Crippen LogP contribution in [0.4, 0.5) is 0 Å². The number of nitrogens with two attached hydrogens (primary N) is 1. The zero-order chi connectivity index (χ0) is 15.4. The van der Waals surface area contributed by atoms with Gasteiger partial charge in [-0.05, 0) is 31.0 Å². The van der Waals surface area contributed by atoms with Gasteiger partial charge in [0, 0.05) is 11.6 Å². The molecular formula is C17H20ClNO2. The number of methoxy groups -OCH3 is 2. The van der Waals surface area contributed by atoms with E-state index < -0.39 is 0 Å². The molecule has 0 amide bonds. The molecule has 0 saturated heterocycles. The summed E-state index contributed by atoms with van der Waals surface area (Å²) >= 11 is 6.28. The maximum absolute atomic E-state index is 6.32. The van der Waals surface area contributed by atoms with Crippen LogP contribution < -0.4 is 15.2 Å². The van der Waals surface area contributed by atoms with Gasteiger partial charge < -0.3 is 15.2 Å². The van der Waals surface area contributed by atoms with Crippen molar-refractivity contribution in [2.24, 2.45) is 5.73 Å². The summed E-state index contributed by atoms with van der Waals surface area (Å²) in [5, 5.41) is 0.455. The van der Waals surface area contributed by atoms with Gasteiger partial charge in [0.15, 0.2) is 0 Å². The SMILES string of the molecule is COc1ccc(C(N)Cc2ccc(C)cc2)c(OC)c1Cl. The molecule has 112 valence electrons. The number of benzene rings is 2. The Morgan fingerprint density at radius 3 is 2.29 bits per heavy atom. The summed E-state index contributed by atoms with van der Waals surface area (Å²) in [6, 6.07) is 11.9. The summed E-state index contributed by atoms with van der Waals surface area (Å²) in [5.41, 5.74) is 9.62. The highest BCUT2D eigenvalue weighted by Gasteiger charge is 2.18. The zero-order valence-corrected chi connectivity index (χ0v) is 13.3. The van der Waals surface area contributed by atoms with Gasteiger partial charge in [0.2, 0.25) is 0 Å². The summed E-state index contributed by atoms with van der Waals surface area (Å²) in [5.74, 6) is 1.16. The fourth-order valence-corrected chi connectivity index (χ4v) is 2.62. The highest BCUT2D eigenvalue weighted by molar-refractivity contribution is 6.33. The minimum absolute atomic E-state index is 0.189. The van der Waals surface area contributed by atoms with E-state index in [1.54, 1.807) is 14.2 Å². The van der Waals surface area contributed by atoms with Gasteiger partial charge in [-0.25, -0.2) is 0 Å². The Morgan fingerprint density at radius 1 is 1.05 bits per heavy atom. The molecule has 4 heteroatoms. The van der Waals surface area contributed by atoms with Crippen molar-refractivity contribution in [3.8, 4) is 11.5 Å². The van der Waals surface area contributed by atoms with Crippen LogP contribution in [0.5, 0.6) is 11.5 Å². The van der Waals surface area contributed by atoms with Crippen molar-refractivity contribution in [2.75, 3.05) is 14.2 Å². The van der Waals surface area contributed by atoms with Crippen LogP contribution in [0, 0.1) is 6.92 Å². The fraction of sp³-hybridized carbons (Fsp3) is 0.294. The van der Waals surface area contributed by atoms with E-state index in [9.17, 15) is 0 Å². The molecule has 1 unspecified atom stereocenters. The van der Waals surface area contributed by atoms with E-state index in [2.05, 4.69) is 31.2 Å². The van der Waals surface area contributed by atoms with Gasteiger partial charge in [0.25, 0.3) is 0 Å². The molecular weight excluding hydrogens is 286 g/mol. The lowest BCUT2D eigenvalue weighted by molar-refractivity contribution is 0.389. The van der Waals surface area contributed by atoms with E-state index in [1.807, 2.05) is 12.1 Å². The van der Waals surface area contributed by atoms with Crippen molar-refractivity contribution in [1.82, 2.24) is 0 Å². The molecule has 2 N–H and O–H groups in total. The second-order valence-corrected chi connectivity index (χ2v) is 5.38. The van der Waals surface area contributed by atoms with Crippen LogP contribution in [0.2, 0.25) is 5.02 Å². The molecule has 3 nitrogen and oxygen atoms in total. The highest BCUT2D eigenvalue weighted by Crippen LogP contribution is 2.39. The average Bonchev–Trinajstić information content (AvgIpc) is 2.49. The van der Waals surface area contributed by atoms with Crippen LogP contribution in [-0.4, -0.2) is 14.2 Å². The Bertz CT molecular complexity index is 611. The summed E-state index contributed by atoms with van der Waals surface area (Å²) in [6.45, 7) is 2.07. The number of halogens is 1. The lowest BCUT2D eigenvalue weighted by Crippen LogP contribution is -2.14. The topological polar surface area (TPSA) is 44.5 Å². The number of hydrogen-bond donors (Lipinski definition) is 1. The summed E-state index contributed by atoms with van der Waals surface area (Å²) < 4.78 is 10.6. The van der Waals surface area contributed by atoms with E-state index in [1.165, 1.54) is 11.1 Å². The molecule has 0 aliphatic rings. The van der Waals surface area contributed by atoms with Gasteiger partial charge in [0.05, 0.1) is 14.2 Å². The first-order valence-corrected chi connectivity index (χ1v) is 7.16. The molecule has 21 heavy (non-hydrogen) atoms. The Kier molecular flexibility index (Phi) is 5.10. The van der Waals surface area contributed by atoms with E-state index in [-0.39, 0.29) is 6.04 Å². The third-order valence-corrected chi connectivity index (χ3v) is 3.85. The van der Waals surface area contributed by atoms with Crippen molar-refractivity contribution in [2.45, 2.75) is 19.4 Å². The lowest BCUT2D eigenvalue weighted by Gasteiger charge is -2.18. The summed E-state index contributed by atoms with van der Waals surface area (Å²) in [6.07, 6.45) is 0.722. The van der Waals surface area contributed by atoms with Crippen molar-refractivity contribution >= 4 is 11.6 Å². The van der Waals surface area contributed by atoms with Gasteiger partial charge in [0.1, 0.15) is 16.5 Å². The molecule has 0 aliphatic heterocycles. The molecule has 0 saturated carbocycles. The monoisotopic (exact) mass is 305 g/mol. The standard InChI is InChI=1S/C17H20ClNO2/c1-11-4-6-12(7-5-11)10-14(19)13-8-9-15(20-2)16(18)17(13)21-3/h4-9,14H,10,19H2,1-3H3. The molecule has 2 aromatic carbocycles. The molecule has 0 spiro atoms. The highest BCUT2D eigenvalue weighted by atomic mass is 35.5. The lowest BCUT2D eigenvalue weighted by atomic mass is 9.98. The molecule has 0 fully saturated rings. The molecule has 1 atom stereocenters. The van der Waals surface area contributed by atoms with E-state index in [0.29, 0.717) is 16.5 Å². The van der Waals surface area contributed by atoms with Crippen LogP contribution in [0.3, 0.4) is 0 Å². The maximum Gasteiger partial charge on any atom is 0.146 e. The van der Waals surface area contributed by atoms with E-state index in [4.69, 9.17) is 26.8 Å². The molecule has 0 radical (unpaired) electrons. The normalized spacial score (nSPS) is 12.0. The predicted molar refractivity (Wildman–Crippen MR) is 86.4 cm³/mol. The van der Waals surface area contributed by atoms with E-state index in [0.717, 1.165) is 12.0 Å². The minimum Gasteiger partial charge on any atom is -0.495 e. The molecule has 0 heterocycles. The zero-order valence-electron chi connectivity index (χ0n) is 12.5. The number of hydrogen-bond acceptors (Lipinski definition) is 3. The number of rotatable bonds is 5. The van der Waals surface area contributed by atoms with Crippen LogP contribution >= 0.6 is 11.6 Å². The van der Waals surface area contributed by atoms with Crippen LogP contribution in [0.25, 0.3) is 0 Å². The fourth-order valence-electron chi connectivity index (χ4n) is 2.30. The van der Waals surface area contributed by atoms with Gasteiger partial charge >= 0.3 is 0 Å². The molecule has 0 aliphatic carbocycles. The van der Waals surface area contributed by atoms with E-state index >= 15 is 0 Å². The second kappa shape index (κ2) is 6.83. The number of aryl methyl sites for hydroxylation is 1. The molecule has 0 bridgehead atoms. The largest absolute Gasteiger partial charge is 0.495 e. The van der Waals surface area contributed by atoms with Gasteiger partial charge in [-0.2, -0.15) is 0 Å². The first-order chi connectivity index (χ1) is 10.1. The Balaban J connectivity index is 2.28. The Hall–Kier alpha value is -1.71. The summed E-state index contributed by atoms with van der Waals surface area (Å²) in [7, 11) is 3.16. The average molecular weight is 306 g/mol. The maximum atomic E-state index is 6.32. The smallest absolute Gasteiger partial charge is 0.146 e. The third-order valence-electron chi connectivity index (χ3n) is 3.49. The number of ether oxygens (including phenoxy) is 2. The first-order valence-electron chi connectivity index (χ1n) is 6.78. The van der Waals surface area contributed by atoms with Crippen LogP contribution in [0.1, 0.15) is 22.7 Å². The molecule has 2 rings (SSSR count). The Labute approximate surface area is 130 Å². The van der Waals surface area contributed by atoms with Gasteiger partial charge in [-0.15, -0.1) is 0 Å². The molecule has 0 aromatic heterocycles. The Morgan fingerprint density at radius 2 is 1.71 bits per heavy atom. The summed E-state index contributed by atoms with van der Waals surface area (Å²) in [4.78, 5) is 0. The first kappa shape index (κ1) is 15.7. The van der Waals surface area contributed by atoms with Crippen molar-refractivity contribution in [3.63, 3.8) is 0 Å². The van der Waals surface area contributed by atoms with Crippen molar-refractivity contribution in [1.29, 1.82) is 0 Å². The van der Waals surface area contributed by atoms with Crippen LogP contribution in [-0.2, 0) is 6.42 Å². The van der Waals surface area contributed by atoms with Crippen molar-refractivity contribution < 1.29 is 9.47 Å². The van der Waals surface area contributed by atoms with Crippen LogP contribution in [0.15, 0.2) is 36.4 Å². The van der Waals surface area contributed by atoms with Crippen molar-refractivity contribution in [3.05, 3.63) is 58.1 Å². The quantitative estimate of drug-likeness (QED) is 0.911. The third kappa shape index (κ3) is 3.49. The predicted octanol–water partition coefficient (Wildman–Crippen LogP) is 3.91. The van der Waals surface area contributed by atoms with Gasteiger partial charge in [-0.1, -0.05) is 41.4 Å². The second-order valence-electron chi connectivity index (χ2n) is 5.00. The minimum atomic E-state index is -0.189.